The minimum absolute atomic E-state index is 0.0816. The monoisotopic (exact) mass is 302 g/mol. The van der Waals surface area contributed by atoms with Crippen molar-refractivity contribution in [2.45, 2.75) is 6.92 Å². The molecule has 1 heterocycles. The predicted molar refractivity (Wildman–Crippen MR) is 79.9 cm³/mol. The highest BCUT2D eigenvalue weighted by molar-refractivity contribution is 6.09. The van der Waals surface area contributed by atoms with Crippen molar-refractivity contribution in [3.05, 3.63) is 46.0 Å². The summed E-state index contributed by atoms with van der Waals surface area (Å²) in [5.74, 6) is 0.360. The lowest BCUT2D eigenvalue weighted by molar-refractivity contribution is 0.305. The number of amidine groups is 1. The molecular formula is C12H14N8O2. The maximum Gasteiger partial charge on any atom is 0.203 e. The molecule has 0 fully saturated rings. The molecule has 1 aromatic heterocycles. The van der Waals surface area contributed by atoms with Gasteiger partial charge in [-0.1, -0.05) is 22.4 Å². The summed E-state index contributed by atoms with van der Waals surface area (Å²) in [6, 6.07) is 7.52. The molecule has 0 atom stereocenters. The minimum Gasteiger partial charge on any atom is -0.409 e. The van der Waals surface area contributed by atoms with Gasteiger partial charge in [-0.05, 0) is 40.5 Å². The highest BCUT2D eigenvalue weighted by Crippen LogP contribution is 2.15. The first-order valence-corrected chi connectivity index (χ1v) is 6.38. The maximum atomic E-state index is 9.18. The Morgan fingerprint density at radius 3 is 3.05 bits per heavy atom. The lowest BCUT2D eigenvalue weighted by Gasteiger charge is -2.07. The number of hydrogen-bond acceptors (Lipinski definition) is 7. The van der Waals surface area contributed by atoms with Crippen molar-refractivity contribution >= 4 is 17.3 Å². The average Bonchev–Trinajstić information content (AvgIpc) is 2.97. The van der Waals surface area contributed by atoms with Gasteiger partial charge in [0.15, 0.2) is 5.69 Å². The minimum atomic E-state index is 0.0816. The van der Waals surface area contributed by atoms with Gasteiger partial charge in [0.25, 0.3) is 0 Å². The molecule has 10 nitrogen and oxygen atoms in total. The Kier molecular flexibility index (Phi) is 5.16. The normalized spacial score (nSPS) is 10.9. The summed E-state index contributed by atoms with van der Waals surface area (Å²) in [5.41, 5.74) is 10.2. The van der Waals surface area contributed by atoms with Crippen molar-refractivity contribution in [3.63, 3.8) is 0 Å². The number of nitrogens with one attached hydrogen (secondary N) is 2. The third-order valence-electron chi connectivity index (χ3n) is 2.66. The molecule has 0 unspecified atom stereocenters. The van der Waals surface area contributed by atoms with Gasteiger partial charge in [-0.25, -0.2) is 4.63 Å². The maximum absolute atomic E-state index is 9.18. The highest BCUT2D eigenvalue weighted by Gasteiger charge is 2.17. The number of rotatable bonds is 6. The van der Waals surface area contributed by atoms with E-state index in [1.165, 1.54) is 0 Å². The summed E-state index contributed by atoms with van der Waals surface area (Å²) < 4.78 is 4.65. The molecule has 0 saturated carbocycles. The fourth-order valence-corrected chi connectivity index (χ4v) is 1.72. The van der Waals surface area contributed by atoms with Gasteiger partial charge in [0.05, 0.1) is 0 Å². The fourth-order valence-electron chi connectivity index (χ4n) is 1.72. The second-order valence-electron chi connectivity index (χ2n) is 4.29. The van der Waals surface area contributed by atoms with Crippen LogP contribution in [0.3, 0.4) is 0 Å². The zero-order valence-corrected chi connectivity index (χ0v) is 11.8. The van der Waals surface area contributed by atoms with Crippen LogP contribution in [-0.4, -0.2) is 34.4 Å². The van der Waals surface area contributed by atoms with E-state index in [4.69, 9.17) is 5.53 Å². The van der Waals surface area contributed by atoms with Crippen LogP contribution in [0.5, 0.6) is 0 Å². The Morgan fingerprint density at radius 2 is 2.32 bits per heavy atom. The number of azide groups is 1. The molecule has 0 saturated heterocycles. The topological polar surface area (TPSA) is 144 Å². The zero-order chi connectivity index (χ0) is 15.8. The van der Waals surface area contributed by atoms with Crippen LogP contribution >= 0.6 is 0 Å². The summed E-state index contributed by atoms with van der Waals surface area (Å²) in [6.45, 7) is 2.52. The molecule has 2 aromatic rings. The van der Waals surface area contributed by atoms with Crippen molar-refractivity contribution in [3.8, 4) is 0 Å². The number of benzene rings is 1. The van der Waals surface area contributed by atoms with Crippen molar-refractivity contribution in [2.24, 2.45) is 10.3 Å². The SMILES string of the molecule is Cc1cccc(NC(=NO)c2nonc2NCCN=[N+]=[N-])c1. The second-order valence-corrected chi connectivity index (χ2v) is 4.29. The van der Waals surface area contributed by atoms with E-state index in [1.807, 2.05) is 31.2 Å². The number of oxime groups is 1. The molecule has 114 valence electrons. The summed E-state index contributed by atoms with van der Waals surface area (Å²) in [7, 11) is 0. The summed E-state index contributed by atoms with van der Waals surface area (Å²) in [6.07, 6.45) is 0. The number of aromatic nitrogens is 2. The smallest absolute Gasteiger partial charge is 0.203 e. The van der Waals surface area contributed by atoms with Crippen molar-refractivity contribution in [1.29, 1.82) is 0 Å². The van der Waals surface area contributed by atoms with Crippen LogP contribution in [0, 0.1) is 6.92 Å². The van der Waals surface area contributed by atoms with Gasteiger partial charge < -0.3 is 15.8 Å². The van der Waals surface area contributed by atoms with E-state index in [-0.39, 0.29) is 23.9 Å². The van der Waals surface area contributed by atoms with Crippen LogP contribution in [0.15, 0.2) is 39.2 Å². The molecule has 1 aromatic carbocycles. The van der Waals surface area contributed by atoms with E-state index >= 15 is 0 Å². The molecule has 0 aliphatic rings. The average molecular weight is 302 g/mol. The third kappa shape index (κ3) is 3.87. The molecular weight excluding hydrogens is 288 g/mol. The molecule has 0 spiro atoms. The largest absolute Gasteiger partial charge is 0.409 e. The van der Waals surface area contributed by atoms with Crippen molar-refractivity contribution < 1.29 is 9.84 Å². The molecule has 22 heavy (non-hydrogen) atoms. The summed E-state index contributed by atoms with van der Waals surface area (Å²) in [5, 5.41) is 28.9. The highest BCUT2D eigenvalue weighted by atomic mass is 16.6. The van der Waals surface area contributed by atoms with Gasteiger partial charge >= 0.3 is 0 Å². The van der Waals surface area contributed by atoms with E-state index in [0.717, 1.165) is 11.3 Å². The number of nitrogens with zero attached hydrogens (tertiary/aromatic N) is 6. The van der Waals surface area contributed by atoms with Crippen LogP contribution in [0.2, 0.25) is 0 Å². The lowest BCUT2D eigenvalue weighted by Crippen LogP contribution is -2.17. The molecule has 0 amide bonds. The summed E-state index contributed by atoms with van der Waals surface area (Å²) >= 11 is 0. The Balaban J connectivity index is 2.11. The van der Waals surface area contributed by atoms with Crippen LogP contribution < -0.4 is 10.6 Å². The van der Waals surface area contributed by atoms with Gasteiger partial charge in [-0.3, -0.25) is 0 Å². The Bertz CT molecular complexity index is 705. The Morgan fingerprint density at radius 1 is 1.45 bits per heavy atom. The standard InChI is InChI=1S/C12H14N8O2/c1-8-3-2-4-9(7-8)16-12(17-21)10-11(19-22-18-10)14-5-6-15-20-13/h2-4,7,21H,5-6H2,1H3,(H,14,19)(H,16,17). The number of aryl methyl sites for hydroxylation is 1. The van der Waals surface area contributed by atoms with Crippen molar-refractivity contribution in [1.82, 2.24) is 10.3 Å². The van der Waals surface area contributed by atoms with Gasteiger partial charge in [-0.15, -0.1) is 0 Å². The van der Waals surface area contributed by atoms with Crippen LogP contribution in [0.25, 0.3) is 10.4 Å². The molecule has 3 N–H and O–H groups in total. The first-order chi connectivity index (χ1) is 10.7. The van der Waals surface area contributed by atoms with Gasteiger partial charge in [-0.2, -0.15) is 0 Å². The van der Waals surface area contributed by atoms with E-state index < -0.39 is 0 Å². The van der Waals surface area contributed by atoms with Gasteiger partial charge in [0, 0.05) is 23.7 Å². The molecule has 0 aliphatic heterocycles. The molecule has 2 rings (SSSR count). The second kappa shape index (κ2) is 7.50. The lowest BCUT2D eigenvalue weighted by atomic mass is 10.2. The summed E-state index contributed by atoms with van der Waals surface area (Å²) in [4.78, 5) is 2.64. The zero-order valence-electron chi connectivity index (χ0n) is 11.8. The first kappa shape index (κ1) is 15.1. The first-order valence-electron chi connectivity index (χ1n) is 6.38. The number of anilines is 2. The molecule has 10 heteroatoms. The third-order valence-corrected chi connectivity index (χ3v) is 2.66. The fraction of sp³-hybridized carbons (Fsp3) is 0.250. The quantitative estimate of drug-likeness (QED) is 0.109. The van der Waals surface area contributed by atoms with E-state index in [1.54, 1.807) is 0 Å². The Hall–Kier alpha value is -3.26. The Labute approximate surface area is 125 Å². The molecule has 0 aliphatic carbocycles. The van der Waals surface area contributed by atoms with E-state index in [2.05, 4.69) is 40.8 Å². The van der Waals surface area contributed by atoms with Crippen molar-refractivity contribution in [2.75, 3.05) is 23.7 Å². The van der Waals surface area contributed by atoms with Crippen LogP contribution in [-0.2, 0) is 0 Å². The predicted octanol–water partition coefficient (Wildman–Crippen LogP) is 2.35. The van der Waals surface area contributed by atoms with Crippen LogP contribution in [0.4, 0.5) is 11.5 Å². The molecule has 0 radical (unpaired) electrons. The number of hydrogen-bond donors (Lipinski definition) is 3. The van der Waals surface area contributed by atoms with E-state index in [0.29, 0.717) is 6.54 Å². The van der Waals surface area contributed by atoms with Gasteiger partial charge in [0.2, 0.25) is 11.7 Å². The van der Waals surface area contributed by atoms with Crippen LogP contribution in [0.1, 0.15) is 11.3 Å². The van der Waals surface area contributed by atoms with E-state index in [9.17, 15) is 5.21 Å². The molecule has 0 bridgehead atoms. The van der Waals surface area contributed by atoms with Gasteiger partial charge in [0.1, 0.15) is 0 Å².